The van der Waals surface area contributed by atoms with E-state index in [1.54, 1.807) is 6.07 Å². The van der Waals surface area contributed by atoms with Crippen LogP contribution in [0.5, 0.6) is 0 Å². The smallest absolute Gasteiger partial charge is 0.270 e. The van der Waals surface area contributed by atoms with E-state index in [1.807, 2.05) is 68.4 Å². The lowest BCUT2D eigenvalue weighted by molar-refractivity contribution is 0.0945. The predicted octanol–water partition coefficient (Wildman–Crippen LogP) is 3.64. The molecule has 0 aliphatic carbocycles. The van der Waals surface area contributed by atoms with Gasteiger partial charge in [0.05, 0.1) is 0 Å². The van der Waals surface area contributed by atoms with Crippen molar-refractivity contribution in [2.45, 2.75) is 26.9 Å². The molecule has 0 atom stereocenters. The van der Waals surface area contributed by atoms with Crippen molar-refractivity contribution in [2.75, 3.05) is 5.32 Å². The number of carbonyl (C=O) groups is 1. The van der Waals surface area contributed by atoms with Gasteiger partial charge in [-0.3, -0.25) is 4.79 Å². The number of hydrogen-bond donors (Lipinski definition) is 2. The molecule has 2 N–H and O–H groups in total. The summed E-state index contributed by atoms with van der Waals surface area (Å²) in [5, 5.41) is 6.11. The average Bonchev–Trinajstić information content (AvgIpc) is 2.66. The van der Waals surface area contributed by atoms with Crippen LogP contribution in [0.1, 0.15) is 32.9 Å². The third-order valence-corrected chi connectivity index (χ3v) is 4.08. The first-order valence-electron chi connectivity index (χ1n) is 8.58. The molecule has 1 amide bonds. The Labute approximate surface area is 153 Å². The fourth-order valence-corrected chi connectivity index (χ4v) is 2.62. The van der Waals surface area contributed by atoms with Crippen LogP contribution in [0, 0.1) is 13.8 Å². The van der Waals surface area contributed by atoms with Crippen molar-refractivity contribution in [2.24, 2.45) is 0 Å². The monoisotopic (exact) mass is 346 g/mol. The van der Waals surface area contributed by atoms with Crippen LogP contribution in [0.25, 0.3) is 0 Å². The largest absolute Gasteiger partial charge is 0.350 e. The molecule has 2 aromatic carbocycles. The van der Waals surface area contributed by atoms with Crippen molar-refractivity contribution >= 4 is 11.9 Å². The first-order chi connectivity index (χ1) is 12.6. The summed E-state index contributed by atoms with van der Waals surface area (Å²) in [5.74, 6) is 0.247. The van der Waals surface area contributed by atoms with Crippen LogP contribution < -0.4 is 10.6 Å². The Bertz CT molecular complexity index is 894. The third-order valence-electron chi connectivity index (χ3n) is 4.08. The van der Waals surface area contributed by atoms with Crippen molar-refractivity contribution in [3.63, 3.8) is 0 Å². The summed E-state index contributed by atoms with van der Waals surface area (Å²) in [5.41, 5.74) is 4.48. The SMILES string of the molecule is Cc1cc(C(=O)NCc2ccccc2C)nc(NCc2ccccc2)n1. The molecule has 1 heterocycles. The van der Waals surface area contributed by atoms with E-state index < -0.39 is 0 Å². The van der Waals surface area contributed by atoms with E-state index in [-0.39, 0.29) is 5.91 Å². The first-order valence-corrected chi connectivity index (χ1v) is 8.58. The zero-order chi connectivity index (χ0) is 18.4. The highest BCUT2D eigenvalue weighted by molar-refractivity contribution is 5.92. The Balaban J connectivity index is 1.66. The zero-order valence-electron chi connectivity index (χ0n) is 15.0. The Morgan fingerprint density at radius 3 is 2.42 bits per heavy atom. The number of aromatic nitrogens is 2. The Morgan fingerprint density at radius 1 is 0.923 bits per heavy atom. The van der Waals surface area contributed by atoms with Gasteiger partial charge in [-0.15, -0.1) is 0 Å². The fraction of sp³-hybridized carbons (Fsp3) is 0.190. The number of anilines is 1. The van der Waals surface area contributed by atoms with Gasteiger partial charge in [0, 0.05) is 18.8 Å². The van der Waals surface area contributed by atoms with E-state index in [1.165, 1.54) is 0 Å². The lowest BCUT2D eigenvalue weighted by atomic mass is 10.1. The van der Waals surface area contributed by atoms with Crippen molar-refractivity contribution in [3.05, 3.63) is 88.7 Å². The van der Waals surface area contributed by atoms with Crippen molar-refractivity contribution < 1.29 is 4.79 Å². The molecule has 132 valence electrons. The quantitative estimate of drug-likeness (QED) is 0.715. The normalized spacial score (nSPS) is 10.4. The van der Waals surface area contributed by atoms with Gasteiger partial charge in [-0.25, -0.2) is 9.97 Å². The van der Waals surface area contributed by atoms with E-state index in [9.17, 15) is 4.79 Å². The second kappa shape index (κ2) is 8.25. The Kier molecular flexibility index (Phi) is 5.59. The topological polar surface area (TPSA) is 66.9 Å². The Hall–Kier alpha value is -3.21. The van der Waals surface area contributed by atoms with Gasteiger partial charge >= 0.3 is 0 Å². The number of amides is 1. The molecule has 0 aliphatic heterocycles. The van der Waals surface area contributed by atoms with Gasteiger partial charge in [0.25, 0.3) is 5.91 Å². The molecule has 1 aromatic heterocycles. The van der Waals surface area contributed by atoms with Crippen molar-refractivity contribution in [3.8, 4) is 0 Å². The van der Waals surface area contributed by atoms with Crippen LogP contribution in [0.2, 0.25) is 0 Å². The molecule has 0 aliphatic rings. The molecule has 5 nitrogen and oxygen atoms in total. The van der Waals surface area contributed by atoms with Crippen molar-refractivity contribution in [1.82, 2.24) is 15.3 Å². The highest BCUT2D eigenvalue weighted by atomic mass is 16.1. The number of aryl methyl sites for hydroxylation is 2. The van der Waals surface area contributed by atoms with Crippen LogP contribution in [0.15, 0.2) is 60.7 Å². The molecule has 0 bridgehead atoms. The molecule has 0 fully saturated rings. The average molecular weight is 346 g/mol. The maximum Gasteiger partial charge on any atom is 0.270 e. The number of nitrogens with zero attached hydrogens (tertiary/aromatic N) is 2. The van der Waals surface area contributed by atoms with Gasteiger partial charge in [-0.1, -0.05) is 54.6 Å². The summed E-state index contributed by atoms with van der Waals surface area (Å²) in [6, 6.07) is 19.7. The third kappa shape index (κ3) is 4.66. The molecule has 0 unspecified atom stereocenters. The van der Waals surface area contributed by atoms with Gasteiger partial charge in [-0.05, 0) is 36.6 Å². The maximum atomic E-state index is 12.5. The van der Waals surface area contributed by atoms with Gasteiger partial charge < -0.3 is 10.6 Å². The van der Waals surface area contributed by atoms with E-state index >= 15 is 0 Å². The van der Waals surface area contributed by atoms with Crippen LogP contribution in [-0.4, -0.2) is 15.9 Å². The highest BCUT2D eigenvalue weighted by Crippen LogP contribution is 2.09. The van der Waals surface area contributed by atoms with Gasteiger partial charge in [0.2, 0.25) is 5.95 Å². The van der Waals surface area contributed by atoms with E-state index in [4.69, 9.17) is 0 Å². The lowest BCUT2D eigenvalue weighted by Crippen LogP contribution is -2.25. The second-order valence-electron chi connectivity index (χ2n) is 6.17. The number of hydrogen-bond acceptors (Lipinski definition) is 4. The summed E-state index contributed by atoms with van der Waals surface area (Å²) < 4.78 is 0. The fourth-order valence-electron chi connectivity index (χ4n) is 2.62. The van der Waals surface area contributed by atoms with Crippen LogP contribution in [-0.2, 0) is 13.1 Å². The second-order valence-corrected chi connectivity index (χ2v) is 6.17. The van der Waals surface area contributed by atoms with Gasteiger partial charge in [-0.2, -0.15) is 0 Å². The molecule has 3 rings (SSSR count). The van der Waals surface area contributed by atoms with E-state index in [0.29, 0.717) is 24.7 Å². The molecule has 0 saturated carbocycles. The number of carbonyl (C=O) groups excluding carboxylic acids is 1. The molecule has 3 aromatic rings. The number of rotatable bonds is 6. The number of benzene rings is 2. The highest BCUT2D eigenvalue weighted by Gasteiger charge is 2.11. The Morgan fingerprint density at radius 2 is 1.65 bits per heavy atom. The van der Waals surface area contributed by atoms with Gasteiger partial charge in [0.1, 0.15) is 5.69 Å². The molecular formula is C21H22N4O. The molecule has 0 saturated heterocycles. The minimum Gasteiger partial charge on any atom is -0.350 e. The minimum atomic E-state index is -0.207. The summed E-state index contributed by atoms with van der Waals surface area (Å²) in [6.45, 7) is 4.96. The molecule has 5 heteroatoms. The molecule has 0 radical (unpaired) electrons. The zero-order valence-corrected chi connectivity index (χ0v) is 15.0. The van der Waals surface area contributed by atoms with Crippen LogP contribution in [0.4, 0.5) is 5.95 Å². The maximum absolute atomic E-state index is 12.5. The molecular weight excluding hydrogens is 324 g/mol. The first kappa shape index (κ1) is 17.6. The number of nitrogens with one attached hydrogen (secondary N) is 2. The van der Waals surface area contributed by atoms with Crippen molar-refractivity contribution in [1.29, 1.82) is 0 Å². The van der Waals surface area contributed by atoms with E-state index in [2.05, 4.69) is 20.6 Å². The van der Waals surface area contributed by atoms with Gasteiger partial charge in [0.15, 0.2) is 0 Å². The van der Waals surface area contributed by atoms with Crippen LogP contribution in [0.3, 0.4) is 0 Å². The minimum absolute atomic E-state index is 0.207. The molecule has 0 spiro atoms. The lowest BCUT2D eigenvalue weighted by Gasteiger charge is -2.10. The summed E-state index contributed by atoms with van der Waals surface area (Å²) in [4.78, 5) is 21.2. The summed E-state index contributed by atoms with van der Waals surface area (Å²) >= 11 is 0. The summed E-state index contributed by atoms with van der Waals surface area (Å²) in [6.07, 6.45) is 0. The predicted molar refractivity (Wildman–Crippen MR) is 103 cm³/mol. The standard InChI is InChI=1S/C21H22N4O/c1-15-8-6-7-11-18(15)14-22-20(26)19-12-16(2)24-21(25-19)23-13-17-9-4-3-5-10-17/h3-12H,13-14H2,1-2H3,(H,22,26)(H,23,24,25). The van der Waals surface area contributed by atoms with E-state index in [0.717, 1.165) is 22.4 Å². The molecule has 26 heavy (non-hydrogen) atoms. The van der Waals surface area contributed by atoms with Crippen LogP contribution >= 0.6 is 0 Å². The summed E-state index contributed by atoms with van der Waals surface area (Å²) in [7, 11) is 0.